The summed E-state index contributed by atoms with van der Waals surface area (Å²) in [4.78, 5) is 40.8. The van der Waals surface area contributed by atoms with Gasteiger partial charge in [-0.2, -0.15) is 5.10 Å². The van der Waals surface area contributed by atoms with Gasteiger partial charge in [0.05, 0.1) is 59.7 Å². The summed E-state index contributed by atoms with van der Waals surface area (Å²) in [5, 5.41) is 10.3. The van der Waals surface area contributed by atoms with Crippen molar-refractivity contribution >= 4 is 45.2 Å². The molecule has 2 saturated heterocycles. The van der Waals surface area contributed by atoms with Gasteiger partial charge in [-0.3, -0.25) is 19.5 Å². The summed E-state index contributed by atoms with van der Waals surface area (Å²) in [7, 11) is 0. The van der Waals surface area contributed by atoms with Crippen LogP contribution in [0.4, 0.5) is 17.2 Å². The van der Waals surface area contributed by atoms with Crippen LogP contribution in [0.2, 0.25) is 0 Å². The molecule has 12 heteroatoms. The third kappa shape index (κ3) is 5.63. The monoisotopic (exact) mass is 546 g/mol. The zero-order chi connectivity index (χ0) is 26.8. The lowest BCUT2D eigenvalue weighted by molar-refractivity contribution is -0.117. The van der Waals surface area contributed by atoms with E-state index in [2.05, 4.69) is 41.6 Å². The summed E-state index contributed by atoms with van der Waals surface area (Å²) in [6.07, 6.45) is 9.17. The number of fused-ring (bicyclic) bond motifs is 1. The number of rotatable bonds is 7. The molecule has 0 atom stereocenters. The van der Waals surface area contributed by atoms with E-state index in [4.69, 9.17) is 4.74 Å². The molecule has 0 radical (unpaired) electrons. The second-order valence-corrected chi connectivity index (χ2v) is 10.8. The number of aryl methyl sites for hydroxylation is 1. The van der Waals surface area contributed by atoms with Crippen molar-refractivity contribution in [2.24, 2.45) is 0 Å². The number of hydrogen-bond acceptors (Lipinski definition) is 9. The molecule has 0 aliphatic carbocycles. The van der Waals surface area contributed by atoms with Crippen molar-refractivity contribution in [1.82, 2.24) is 24.5 Å². The maximum Gasteiger partial charge on any atom is 0.260 e. The van der Waals surface area contributed by atoms with Crippen molar-refractivity contribution in [2.75, 3.05) is 61.5 Å². The van der Waals surface area contributed by atoms with Gasteiger partial charge in [0.2, 0.25) is 5.91 Å². The number of nitrogens with zero attached hydrogens (tertiary/aromatic N) is 6. The molecular weight excluding hydrogens is 516 g/mol. The number of thiazole rings is 1. The molecule has 2 fully saturated rings. The standard InChI is InChI=1S/C27H30N8O3S/c1-18-22(13-20(14-29-18)31-25(36)17-33-6-2-3-7-33)32-26(37)21-15-30-35-16-23(39-27(21)35)19-4-5-28-24(12-19)34-8-10-38-11-9-34/h4-5,12-16H,2-3,6-11,17H2,1H3,(H,31,36)(H,32,37). The van der Waals surface area contributed by atoms with Gasteiger partial charge in [-0.15, -0.1) is 11.3 Å². The minimum Gasteiger partial charge on any atom is -0.378 e. The number of nitrogens with one attached hydrogen (secondary N) is 2. The molecule has 11 nitrogen and oxygen atoms in total. The number of pyridine rings is 2. The van der Waals surface area contributed by atoms with Gasteiger partial charge in [0.15, 0.2) is 0 Å². The predicted molar refractivity (Wildman–Crippen MR) is 151 cm³/mol. The van der Waals surface area contributed by atoms with Crippen molar-refractivity contribution in [3.05, 3.63) is 54.2 Å². The number of anilines is 3. The van der Waals surface area contributed by atoms with E-state index in [1.165, 1.54) is 11.3 Å². The Morgan fingerprint density at radius 3 is 2.69 bits per heavy atom. The quantitative estimate of drug-likeness (QED) is 0.363. The molecule has 202 valence electrons. The summed E-state index contributed by atoms with van der Waals surface area (Å²) in [5.74, 6) is 0.542. The van der Waals surface area contributed by atoms with Crippen molar-refractivity contribution in [1.29, 1.82) is 0 Å². The van der Waals surface area contributed by atoms with Crippen LogP contribution < -0.4 is 15.5 Å². The fourth-order valence-electron chi connectivity index (χ4n) is 4.87. The number of hydrogen-bond donors (Lipinski definition) is 2. The topological polar surface area (TPSA) is 117 Å². The largest absolute Gasteiger partial charge is 0.378 e. The second-order valence-electron chi connectivity index (χ2n) is 9.75. The summed E-state index contributed by atoms with van der Waals surface area (Å²) in [6.45, 7) is 7.08. The first-order valence-electron chi connectivity index (χ1n) is 13.1. The van der Waals surface area contributed by atoms with E-state index < -0.39 is 0 Å². The van der Waals surface area contributed by atoms with Crippen molar-refractivity contribution in [3.8, 4) is 10.4 Å². The molecule has 0 spiro atoms. The molecule has 6 rings (SSSR count). The molecular formula is C27H30N8O3S. The minimum atomic E-state index is -0.285. The van der Waals surface area contributed by atoms with Gasteiger partial charge < -0.3 is 20.3 Å². The highest BCUT2D eigenvalue weighted by Crippen LogP contribution is 2.32. The SMILES string of the molecule is Cc1ncc(NC(=O)CN2CCCC2)cc1NC(=O)c1cnn2cc(-c3ccnc(N4CCOCC4)c3)sc12. The number of amides is 2. The van der Waals surface area contributed by atoms with Crippen LogP contribution in [0, 0.1) is 6.92 Å². The molecule has 39 heavy (non-hydrogen) atoms. The lowest BCUT2D eigenvalue weighted by Crippen LogP contribution is -2.36. The molecule has 0 bridgehead atoms. The number of morpholine rings is 1. The number of aromatic nitrogens is 4. The van der Waals surface area contributed by atoms with Crippen LogP contribution in [0.3, 0.4) is 0 Å². The highest BCUT2D eigenvalue weighted by molar-refractivity contribution is 7.21. The number of ether oxygens (including phenoxy) is 1. The smallest absolute Gasteiger partial charge is 0.260 e. The van der Waals surface area contributed by atoms with Crippen LogP contribution in [0.5, 0.6) is 0 Å². The van der Waals surface area contributed by atoms with Crippen molar-refractivity contribution in [3.63, 3.8) is 0 Å². The molecule has 2 amide bonds. The maximum atomic E-state index is 13.3. The third-order valence-corrected chi connectivity index (χ3v) is 8.15. The normalized spacial score (nSPS) is 16.1. The van der Waals surface area contributed by atoms with Gasteiger partial charge in [-0.1, -0.05) is 0 Å². The zero-order valence-corrected chi connectivity index (χ0v) is 22.5. The Morgan fingerprint density at radius 2 is 1.87 bits per heavy atom. The van der Waals surface area contributed by atoms with Gasteiger partial charge in [-0.05, 0) is 56.6 Å². The number of carbonyl (C=O) groups excluding carboxylic acids is 2. The van der Waals surface area contributed by atoms with Crippen LogP contribution in [0.15, 0.2) is 43.0 Å². The lowest BCUT2D eigenvalue weighted by atomic mass is 10.2. The summed E-state index contributed by atoms with van der Waals surface area (Å²) < 4.78 is 7.18. The number of likely N-dealkylation sites (tertiary alicyclic amines) is 1. The Bertz CT molecular complexity index is 1500. The predicted octanol–water partition coefficient (Wildman–Crippen LogP) is 3.28. The highest BCUT2D eigenvalue weighted by Gasteiger charge is 2.20. The molecule has 4 aromatic rings. The zero-order valence-electron chi connectivity index (χ0n) is 21.7. The van der Waals surface area contributed by atoms with Gasteiger partial charge >= 0.3 is 0 Å². The van der Waals surface area contributed by atoms with E-state index in [0.717, 1.165) is 60.1 Å². The summed E-state index contributed by atoms with van der Waals surface area (Å²) in [6, 6.07) is 5.77. The van der Waals surface area contributed by atoms with Gasteiger partial charge in [0, 0.05) is 25.5 Å². The average Bonchev–Trinajstić information content (AvgIpc) is 3.69. The first-order chi connectivity index (χ1) is 19.0. The van der Waals surface area contributed by atoms with Crippen LogP contribution >= 0.6 is 11.3 Å². The van der Waals surface area contributed by atoms with E-state index >= 15 is 0 Å². The average molecular weight is 547 g/mol. The molecule has 6 heterocycles. The Hall–Kier alpha value is -3.87. The Morgan fingerprint density at radius 1 is 1.05 bits per heavy atom. The van der Waals surface area contributed by atoms with Crippen LogP contribution in [0.25, 0.3) is 15.3 Å². The van der Waals surface area contributed by atoms with Gasteiger partial charge in [0.1, 0.15) is 10.6 Å². The van der Waals surface area contributed by atoms with Crippen molar-refractivity contribution in [2.45, 2.75) is 19.8 Å². The van der Waals surface area contributed by atoms with E-state index in [1.807, 2.05) is 25.4 Å². The molecule has 2 N–H and O–H groups in total. The fraction of sp³-hybridized carbons (Fsp3) is 0.370. The molecule has 0 unspecified atom stereocenters. The van der Waals surface area contributed by atoms with Crippen molar-refractivity contribution < 1.29 is 14.3 Å². The molecule has 0 saturated carbocycles. The highest BCUT2D eigenvalue weighted by atomic mass is 32.1. The Labute approximate surface area is 229 Å². The molecule has 2 aliphatic rings. The minimum absolute atomic E-state index is 0.0859. The van der Waals surface area contributed by atoms with Crippen LogP contribution in [0.1, 0.15) is 28.9 Å². The summed E-state index contributed by atoms with van der Waals surface area (Å²) in [5.41, 5.74) is 3.23. The Kier molecular flexibility index (Phi) is 7.22. The first-order valence-corrected chi connectivity index (χ1v) is 13.9. The van der Waals surface area contributed by atoms with Gasteiger partial charge in [0.25, 0.3) is 5.91 Å². The summed E-state index contributed by atoms with van der Waals surface area (Å²) >= 11 is 1.50. The van der Waals surface area contributed by atoms with E-state index in [9.17, 15) is 9.59 Å². The van der Waals surface area contributed by atoms with E-state index in [1.54, 1.807) is 23.0 Å². The first kappa shape index (κ1) is 25.4. The van der Waals surface area contributed by atoms with Crippen LogP contribution in [-0.4, -0.2) is 82.2 Å². The van der Waals surface area contributed by atoms with Gasteiger partial charge in [-0.25, -0.2) is 9.50 Å². The van der Waals surface area contributed by atoms with E-state index in [-0.39, 0.29) is 11.8 Å². The molecule has 4 aromatic heterocycles. The fourth-order valence-corrected chi connectivity index (χ4v) is 5.93. The lowest BCUT2D eigenvalue weighted by Gasteiger charge is -2.27. The molecule has 0 aromatic carbocycles. The van der Waals surface area contributed by atoms with E-state index in [0.29, 0.717) is 42.4 Å². The number of carbonyl (C=O) groups is 2. The van der Waals surface area contributed by atoms with Crippen LogP contribution in [-0.2, 0) is 9.53 Å². The molecule has 2 aliphatic heterocycles. The maximum absolute atomic E-state index is 13.3. The Balaban J connectivity index is 1.18. The third-order valence-electron chi connectivity index (χ3n) is 6.99. The second kappa shape index (κ2) is 11.1.